The first-order valence-electron chi connectivity index (χ1n) is 14.5. The molecule has 2 aromatic carbocycles. The molecule has 1 saturated heterocycles. The number of hydrogen-bond donors (Lipinski definition) is 3. The van der Waals surface area contributed by atoms with E-state index in [9.17, 15) is 23.6 Å². The smallest absolute Gasteiger partial charge is 0.255 e. The summed E-state index contributed by atoms with van der Waals surface area (Å²) in [6, 6.07) is 10.8. The minimum absolute atomic E-state index is 0.0547. The van der Waals surface area contributed by atoms with Crippen LogP contribution >= 0.6 is 0 Å². The molecule has 0 aromatic heterocycles. The van der Waals surface area contributed by atoms with Crippen molar-refractivity contribution >= 4 is 23.6 Å². The molecular formula is C31H39FN4O6. The zero-order chi connectivity index (χ0) is 30.1. The minimum Gasteiger partial charge on any atom is -0.491 e. The number of halogens is 1. The van der Waals surface area contributed by atoms with Crippen molar-refractivity contribution in [3.8, 4) is 11.5 Å². The van der Waals surface area contributed by atoms with Crippen LogP contribution in [0.3, 0.4) is 0 Å². The largest absolute Gasteiger partial charge is 0.491 e. The minimum atomic E-state index is -0.964. The summed E-state index contributed by atoms with van der Waals surface area (Å²) in [5, 5.41) is 8.42. The molecule has 0 bridgehead atoms. The Morgan fingerprint density at radius 1 is 1.02 bits per heavy atom. The van der Waals surface area contributed by atoms with Crippen molar-refractivity contribution in [3.63, 3.8) is 0 Å². The summed E-state index contributed by atoms with van der Waals surface area (Å²) < 4.78 is 25.0. The van der Waals surface area contributed by atoms with Crippen LogP contribution in [-0.4, -0.2) is 73.0 Å². The Bertz CT molecular complexity index is 1250. The molecule has 0 unspecified atom stereocenters. The molecule has 226 valence electrons. The van der Waals surface area contributed by atoms with E-state index in [1.165, 1.54) is 12.1 Å². The lowest BCUT2D eigenvalue weighted by molar-refractivity contribution is -0.135. The number of fused-ring (bicyclic) bond motifs is 1. The molecule has 3 N–H and O–H groups in total. The third-order valence-electron chi connectivity index (χ3n) is 7.28. The molecule has 2 heterocycles. The molecule has 0 radical (unpaired) electrons. The fourth-order valence-corrected chi connectivity index (χ4v) is 5.10. The maximum absolute atomic E-state index is 13.7. The fourth-order valence-electron chi connectivity index (χ4n) is 5.10. The molecule has 1 fully saturated rings. The second kappa shape index (κ2) is 14.7. The third-order valence-corrected chi connectivity index (χ3v) is 7.28. The SMILES string of the molecule is CC(C)C[C@H]1NC(=O)CC[C@@H](C(=O)N2CCC(Oc3ccc(F)cc3)CC2)NC(=O)c2ccccc2OCCNC1=O. The van der Waals surface area contributed by atoms with Crippen molar-refractivity contribution < 1.29 is 33.0 Å². The number of para-hydroxylation sites is 1. The van der Waals surface area contributed by atoms with Crippen molar-refractivity contribution in [2.45, 2.75) is 64.1 Å². The van der Waals surface area contributed by atoms with E-state index in [1.807, 2.05) is 13.8 Å². The lowest BCUT2D eigenvalue weighted by atomic mass is 10.0. The van der Waals surface area contributed by atoms with Crippen LogP contribution in [0.4, 0.5) is 4.39 Å². The standard InChI is InChI=1S/C31H39FN4O6/c1-20(2)19-26-30(39)33-15-18-41-27-6-4-3-5-24(27)29(38)35-25(11-12-28(37)34-26)31(40)36-16-13-23(14-17-36)42-22-9-7-21(32)8-10-22/h3-10,20,23,25-26H,11-19H2,1-2H3,(H,33,39)(H,34,37)(H,35,38)/t25-,26+/m0/s1. The highest BCUT2D eigenvalue weighted by Crippen LogP contribution is 2.22. The van der Waals surface area contributed by atoms with E-state index in [1.54, 1.807) is 41.3 Å². The van der Waals surface area contributed by atoms with E-state index >= 15 is 0 Å². The van der Waals surface area contributed by atoms with Crippen LogP contribution in [0.15, 0.2) is 48.5 Å². The number of likely N-dealkylation sites (tertiary alicyclic amines) is 1. The fraction of sp³-hybridized carbons (Fsp3) is 0.484. The zero-order valence-electron chi connectivity index (χ0n) is 24.1. The molecule has 10 nitrogen and oxygen atoms in total. The number of nitrogens with one attached hydrogen (secondary N) is 3. The monoisotopic (exact) mass is 582 g/mol. The molecule has 2 aliphatic rings. The van der Waals surface area contributed by atoms with E-state index in [0.717, 1.165) is 0 Å². The molecule has 2 aromatic rings. The van der Waals surface area contributed by atoms with Crippen molar-refractivity contribution in [3.05, 3.63) is 59.9 Å². The van der Waals surface area contributed by atoms with Crippen LogP contribution < -0.4 is 25.4 Å². The number of nitrogens with zero attached hydrogens (tertiary/aromatic N) is 1. The second-order valence-electron chi connectivity index (χ2n) is 11.0. The van der Waals surface area contributed by atoms with Gasteiger partial charge in [0.25, 0.3) is 5.91 Å². The molecule has 0 aliphatic carbocycles. The molecule has 2 atom stereocenters. The average Bonchev–Trinajstić information content (AvgIpc) is 2.98. The first-order chi connectivity index (χ1) is 20.2. The summed E-state index contributed by atoms with van der Waals surface area (Å²) in [7, 11) is 0. The van der Waals surface area contributed by atoms with Gasteiger partial charge in [-0.25, -0.2) is 4.39 Å². The van der Waals surface area contributed by atoms with Crippen LogP contribution in [0, 0.1) is 11.7 Å². The van der Waals surface area contributed by atoms with Crippen LogP contribution in [0.2, 0.25) is 0 Å². The Kier molecular flexibility index (Phi) is 10.7. The highest BCUT2D eigenvalue weighted by molar-refractivity contribution is 6.00. The van der Waals surface area contributed by atoms with Gasteiger partial charge in [0.05, 0.1) is 12.1 Å². The van der Waals surface area contributed by atoms with Gasteiger partial charge < -0.3 is 30.3 Å². The molecule has 11 heteroatoms. The van der Waals surface area contributed by atoms with Gasteiger partial charge in [-0.3, -0.25) is 19.2 Å². The van der Waals surface area contributed by atoms with Crippen molar-refractivity contribution in [2.24, 2.45) is 5.92 Å². The van der Waals surface area contributed by atoms with Crippen LogP contribution in [0.5, 0.6) is 11.5 Å². The number of carbonyl (C=O) groups excluding carboxylic acids is 4. The van der Waals surface area contributed by atoms with Gasteiger partial charge in [0, 0.05) is 32.4 Å². The van der Waals surface area contributed by atoms with Gasteiger partial charge in [-0.05, 0) is 55.2 Å². The van der Waals surface area contributed by atoms with Gasteiger partial charge in [-0.2, -0.15) is 0 Å². The Balaban J connectivity index is 1.47. The summed E-state index contributed by atoms with van der Waals surface area (Å²) in [5.41, 5.74) is 0.255. The zero-order valence-corrected chi connectivity index (χ0v) is 24.1. The molecule has 4 rings (SSSR count). The topological polar surface area (TPSA) is 126 Å². The Morgan fingerprint density at radius 2 is 1.74 bits per heavy atom. The number of amides is 4. The normalized spacial score (nSPS) is 21.1. The van der Waals surface area contributed by atoms with Gasteiger partial charge in [0.15, 0.2) is 0 Å². The van der Waals surface area contributed by atoms with Gasteiger partial charge in [-0.1, -0.05) is 26.0 Å². The summed E-state index contributed by atoms with van der Waals surface area (Å²) >= 11 is 0. The highest BCUT2D eigenvalue weighted by atomic mass is 19.1. The number of hydrogen-bond acceptors (Lipinski definition) is 6. The second-order valence-corrected chi connectivity index (χ2v) is 11.0. The number of carbonyl (C=O) groups is 4. The lowest BCUT2D eigenvalue weighted by Gasteiger charge is -2.34. The Hall–Kier alpha value is -4.15. The average molecular weight is 583 g/mol. The van der Waals surface area contributed by atoms with E-state index in [4.69, 9.17) is 9.47 Å². The molecule has 2 aliphatic heterocycles. The lowest BCUT2D eigenvalue weighted by Crippen LogP contribution is -2.52. The van der Waals surface area contributed by atoms with E-state index in [0.29, 0.717) is 43.9 Å². The maximum Gasteiger partial charge on any atom is 0.255 e. The number of piperidine rings is 1. The first-order valence-corrected chi connectivity index (χ1v) is 14.5. The highest BCUT2D eigenvalue weighted by Gasteiger charge is 2.32. The molecule has 0 saturated carbocycles. The summed E-state index contributed by atoms with van der Waals surface area (Å²) in [6.07, 6.45) is 1.44. The van der Waals surface area contributed by atoms with Gasteiger partial charge in [0.1, 0.15) is 42.1 Å². The molecular weight excluding hydrogens is 543 g/mol. The van der Waals surface area contributed by atoms with Crippen molar-refractivity contribution in [1.29, 1.82) is 0 Å². The van der Waals surface area contributed by atoms with Gasteiger partial charge in [-0.15, -0.1) is 0 Å². The Morgan fingerprint density at radius 3 is 2.45 bits per heavy atom. The van der Waals surface area contributed by atoms with Crippen LogP contribution in [0.25, 0.3) is 0 Å². The predicted octanol–water partition coefficient (Wildman–Crippen LogP) is 2.81. The molecule has 0 spiro atoms. The summed E-state index contributed by atoms with van der Waals surface area (Å²) in [5.74, 6) is -0.758. The molecule has 4 amide bonds. The van der Waals surface area contributed by atoms with Crippen LogP contribution in [-0.2, 0) is 14.4 Å². The van der Waals surface area contributed by atoms with Crippen molar-refractivity contribution in [2.75, 3.05) is 26.2 Å². The predicted molar refractivity (Wildman–Crippen MR) is 153 cm³/mol. The number of rotatable bonds is 5. The Labute approximate surface area is 245 Å². The van der Waals surface area contributed by atoms with E-state index in [-0.39, 0.29) is 67.1 Å². The first kappa shape index (κ1) is 30.8. The molecule has 42 heavy (non-hydrogen) atoms. The van der Waals surface area contributed by atoms with E-state index < -0.39 is 18.0 Å². The quantitative estimate of drug-likeness (QED) is 0.498. The summed E-state index contributed by atoms with van der Waals surface area (Å²) in [4.78, 5) is 54.4. The van der Waals surface area contributed by atoms with Gasteiger partial charge in [0.2, 0.25) is 17.7 Å². The van der Waals surface area contributed by atoms with E-state index in [2.05, 4.69) is 16.0 Å². The maximum atomic E-state index is 13.7. The van der Waals surface area contributed by atoms with Crippen molar-refractivity contribution in [1.82, 2.24) is 20.9 Å². The number of benzene rings is 2. The van der Waals surface area contributed by atoms with Gasteiger partial charge >= 0.3 is 0 Å². The number of ether oxygens (including phenoxy) is 2. The summed E-state index contributed by atoms with van der Waals surface area (Å²) in [6.45, 7) is 5.05. The van der Waals surface area contributed by atoms with Crippen LogP contribution in [0.1, 0.15) is 56.3 Å². The third kappa shape index (κ3) is 8.67.